The summed E-state index contributed by atoms with van der Waals surface area (Å²) in [6.45, 7) is -1.60. The predicted molar refractivity (Wildman–Crippen MR) is 127 cm³/mol. The van der Waals surface area contributed by atoms with Crippen LogP contribution in [-0.2, 0) is 17.4 Å². The summed E-state index contributed by atoms with van der Waals surface area (Å²) < 4.78 is 99.7. The van der Waals surface area contributed by atoms with Crippen LogP contribution in [0, 0.1) is 11.3 Å². The molecule has 15 heteroatoms. The van der Waals surface area contributed by atoms with Crippen LogP contribution in [0.25, 0.3) is 11.4 Å². The highest BCUT2D eigenvalue weighted by molar-refractivity contribution is 5.98. The number of fused-ring (bicyclic) bond motifs is 1. The number of hydrogen-bond donors (Lipinski definition) is 2. The molecule has 0 saturated heterocycles. The number of nitrogens with two attached hydrogens (primary N) is 1. The molecule has 0 fully saturated rings. The average molecular weight is 571 g/mol. The smallest absolute Gasteiger partial charge is 0.434 e. The Morgan fingerprint density at radius 3 is 2.58 bits per heavy atom. The molecule has 1 unspecified atom stereocenters. The zero-order valence-corrected chi connectivity index (χ0v) is 20.7. The van der Waals surface area contributed by atoms with Crippen LogP contribution in [0.1, 0.15) is 23.2 Å². The minimum Gasteiger partial charge on any atom is -0.495 e. The van der Waals surface area contributed by atoms with Gasteiger partial charge in [-0.15, -0.1) is 0 Å². The van der Waals surface area contributed by atoms with E-state index in [-0.39, 0.29) is 46.8 Å². The first-order valence-corrected chi connectivity index (χ1v) is 11.7. The van der Waals surface area contributed by atoms with Crippen molar-refractivity contribution in [3.8, 4) is 11.4 Å². The van der Waals surface area contributed by atoms with Crippen molar-refractivity contribution in [2.24, 2.45) is 5.11 Å². The standard InChI is InChI=1S/C25H21F7N6O2/c1-40-21-9-14(5-8-20(21)37-11-22(35-13-37)25(30,31)32)18(36-33)10-34-17-7-6-15-16(26)3-2-4-19(15)38(23(17)39)12-24(27,28)29/h2-5,8-11,13,17,33-34H,6-7,12H2,1H3/p+1/b18-10-,36-33?. The van der Waals surface area contributed by atoms with Gasteiger partial charge in [-0.05, 0) is 30.7 Å². The molecule has 3 N–H and O–H groups in total. The number of alkyl halides is 6. The van der Waals surface area contributed by atoms with E-state index < -0.39 is 42.4 Å². The fourth-order valence-electron chi connectivity index (χ4n) is 4.37. The molecule has 0 spiro atoms. The molecule has 1 amide bonds. The number of ether oxygens (including phenoxy) is 1. The summed E-state index contributed by atoms with van der Waals surface area (Å²) in [6, 6.07) is 6.78. The molecule has 2 heterocycles. The number of carbonyl (C=O) groups is 1. The molecular weight excluding hydrogens is 549 g/mol. The SMILES string of the molecule is COc1cc(/C(=C/[NH2+]C2CCc3c(F)cccc3N(CC(F)(F)F)C2=O)N=N)ccc1-n1cnc(C(F)(F)F)c1. The van der Waals surface area contributed by atoms with Crippen LogP contribution in [0.4, 0.5) is 36.4 Å². The first-order valence-electron chi connectivity index (χ1n) is 11.7. The van der Waals surface area contributed by atoms with E-state index in [1.807, 2.05) is 0 Å². The maximum Gasteiger partial charge on any atom is 0.434 e. The third-order valence-corrected chi connectivity index (χ3v) is 6.24. The first-order chi connectivity index (χ1) is 18.8. The molecule has 4 rings (SSSR count). The van der Waals surface area contributed by atoms with E-state index in [1.165, 1.54) is 49.0 Å². The molecule has 3 aromatic rings. The molecule has 8 nitrogen and oxygen atoms in total. The summed E-state index contributed by atoms with van der Waals surface area (Å²) in [5.41, 5.74) is 6.81. The average Bonchev–Trinajstić information content (AvgIpc) is 3.35. The highest BCUT2D eigenvalue weighted by Crippen LogP contribution is 2.33. The number of imidazole rings is 1. The number of halogens is 7. The van der Waals surface area contributed by atoms with E-state index in [9.17, 15) is 35.5 Å². The Morgan fingerprint density at radius 1 is 1.20 bits per heavy atom. The van der Waals surface area contributed by atoms with Crippen LogP contribution in [-0.4, -0.2) is 41.3 Å². The molecule has 1 aromatic heterocycles. The lowest BCUT2D eigenvalue weighted by Gasteiger charge is -2.25. The van der Waals surface area contributed by atoms with Crippen molar-refractivity contribution in [1.82, 2.24) is 9.55 Å². The van der Waals surface area contributed by atoms with Gasteiger partial charge >= 0.3 is 12.4 Å². The van der Waals surface area contributed by atoms with Crippen LogP contribution in [0.2, 0.25) is 0 Å². The lowest BCUT2D eigenvalue weighted by atomic mass is 10.1. The van der Waals surface area contributed by atoms with Crippen molar-refractivity contribution in [2.45, 2.75) is 31.2 Å². The Morgan fingerprint density at radius 2 is 1.95 bits per heavy atom. The number of benzene rings is 2. The first kappa shape index (κ1) is 28.7. The molecule has 0 radical (unpaired) electrons. The quantitative estimate of drug-likeness (QED) is 0.314. The molecule has 1 aliphatic rings. The molecule has 1 aliphatic heterocycles. The molecule has 40 heavy (non-hydrogen) atoms. The summed E-state index contributed by atoms with van der Waals surface area (Å²) in [6.07, 6.45) is -6.36. The normalized spacial score (nSPS) is 16.5. The Kier molecular flexibility index (Phi) is 7.95. The van der Waals surface area contributed by atoms with Crippen LogP contribution in [0.3, 0.4) is 0 Å². The van der Waals surface area contributed by atoms with Gasteiger partial charge in [0.25, 0.3) is 5.91 Å². The second-order valence-electron chi connectivity index (χ2n) is 8.83. The fourth-order valence-corrected chi connectivity index (χ4v) is 4.37. The highest BCUT2D eigenvalue weighted by Gasteiger charge is 2.40. The van der Waals surface area contributed by atoms with Crippen LogP contribution in [0.5, 0.6) is 5.75 Å². The molecule has 0 bridgehead atoms. The van der Waals surface area contributed by atoms with E-state index in [4.69, 9.17) is 10.3 Å². The number of quaternary nitrogens is 1. The summed E-state index contributed by atoms with van der Waals surface area (Å²) in [5.74, 6) is -1.50. The van der Waals surface area contributed by atoms with Gasteiger partial charge in [0.1, 0.15) is 30.0 Å². The summed E-state index contributed by atoms with van der Waals surface area (Å²) >= 11 is 0. The number of methoxy groups -OCH3 is 1. The van der Waals surface area contributed by atoms with Gasteiger partial charge in [-0.3, -0.25) is 9.69 Å². The van der Waals surface area contributed by atoms with Gasteiger partial charge in [0.05, 0.1) is 24.8 Å². The van der Waals surface area contributed by atoms with Crippen LogP contribution >= 0.6 is 0 Å². The number of amides is 1. The molecule has 2 aromatic carbocycles. The highest BCUT2D eigenvalue weighted by atomic mass is 19.4. The molecular formula is C25H22F7N6O2+. The lowest BCUT2D eigenvalue weighted by Crippen LogP contribution is -2.88. The van der Waals surface area contributed by atoms with Gasteiger partial charge in [-0.25, -0.2) is 14.9 Å². The van der Waals surface area contributed by atoms with Gasteiger partial charge in [0, 0.05) is 23.7 Å². The Balaban J connectivity index is 1.62. The number of aromatic nitrogens is 2. The summed E-state index contributed by atoms with van der Waals surface area (Å²) in [7, 11) is 1.29. The number of carbonyl (C=O) groups excluding carboxylic acids is 1. The van der Waals surface area contributed by atoms with Gasteiger partial charge < -0.3 is 14.6 Å². The number of nitrogens with one attached hydrogen (secondary N) is 1. The zero-order valence-electron chi connectivity index (χ0n) is 20.7. The van der Waals surface area contributed by atoms with Crippen molar-refractivity contribution >= 4 is 17.3 Å². The summed E-state index contributed by atoms with van der Waals surface area (Å²) in [4.78, 5) is 17.0. The zero-order chi connectivity index (χ0) is 29.2. The van der Waals surface area contributed by atoms with E-state index in [0.717, 1.165) is 23.2 Å². The largest absolute Gasteiger partial charge is 0.495 e. The van der Waals surface area contributed by atoms with Gasteiger partial charge in [0.15, 0.2) is 11.7 Å². The number of anilines is 1. The van der Waals surface area contributed by atoms with Gasteiger partial charge in [-0.1, -0.05) is 12.1 Å². The topological polar surface area (TPSA) is 100 Å². The van der Waals surface area contributed by atoms with Crippen molar-refractivity contribution in [3.63, 3.8) is 0 Å². The lowest BCUT2D eigenvalue weighted by molar-refractivity contribution is -0.612. The van der Waals surface area contributed by atoms with Crippen LogP contribution < -0.4 is 15.0 Å². The van der Waals surface area contributed by atoms with E-state index in [1.54, 1.807) is 0 Å². The van der Waals surface area contributed by atoms with Crippen LogP contribution in [0.15, 0.2) is 60.2 Å². The maximum absolute atomic E-state index is 14.4. The number of nitrogens with zero attached hydrogens (tertiary/aromatic N) is 4. The molecule has 0 aliphatic carbocycles. The monoisotopic (exact) mass is 571 g/mol. The van der Waals surface area contributed by atoms with Crippen molar-refractivity contribution in [2.75, 3.05) is 18.6 Å². The summed E-state index contributed by atoms with van der Waals surface area (Å²) in [5, 5.41) is 4.73. The molecule has 212 valence electrons. The predicted octanol–water partition coefficient (Wildman–Crippen LogP) is 4.84. The number of rotatable bonds is 7. The second-order valence-corrected chi connectivity index (χ2v) is 8.83. The van der Waals surface area contributed by atoms with E-state index in [0.29, 0.717) is 4.90 Å². The minimum absolute atomic E-state index is 0.00103. The third kappa shape index (κ3) is 6.14. The second kappa shape index (κ2) is 11.1. The van der Waals surface area contributed by atoms with Crippen molar-refractivity contribution < 1.29 is 45.6 Å². The van der Waals surface area contributed by atoms with Gasteiger partial charge in [0.2, 0.25) is 0 Å². The Bertz CT molecular complexity index is 1450. The molecule has 0 saturated carbocycles. The molecule has 1 atom stereocenters. The van der Waals surface area contributed by atoms with Gasteiger partial charge in [-0.2, -0.15) is 31.5 Å². The Labute approximate surface area is 222 Å². The van der Waals surface area contributed by atoms with E-state index >= 15 is 0 Å². The Hall–Kier alpha value is -4.27. The minimum atomic E-state index is -4.74. The maximum atomic E-state index is 14.4. The van der Waals surface area contributed by atoms with Crippen molar-refractivity contribution in [1.29, 1.82) is 5.53 Å². The van der Waals surface area contributed by atoms with Crippen molar-refractivity contribution in [3.05, 3.63) is 77.8 Å². The van der Waals surface area contributed by atoms with E-state index in [2.05, 4.69) is 10.1 Å². The number of hydrogen-bond acceptors (Lipinski definition) is 5. The fraction of sp³-hybridized carbons (Fsp3) is 0.280. The third-order valence-electron chi connectivity index (χ3n) is 6.24.